The Morgan fingerprint density at radius 2 is 1.79 bits per heavy atom. The van der Waals surface area contributed by atoms with Crippen molar-refractivity contribution in [2.75, 3.05) is 39.4 Å². The minimum absolute atomic E-state index is 0.315. The highest BCUT2D eigenvalue weighted by Gasteiger charge is 2.30. The Kier molecular flexibility index (Phi) is 6.17. The van der Waals surface area contributed by atoms with Crippen molar-refractivity contribution in [3.8, 4) is 11.4 Å². The van der Waals surface area contributed by atoms with Gasteiger partial charge >= 0.3 is 6.18 Å². The van der Waals surface area contributed by atoms with E-state index < -0.39 is 11.7 Å². The second-order valence-electron chi connectivity index (χ2n) is 7.62. The summed E-state index contributed by atoms with van der Waals surface area (Å²) in [4.78, 5) is 9.23. The van der Waals surface area contributed by atoms with Crippen LogP contribution in [0.2, 0.25) is 0 Å². The second-order valence-corrected chi connectivity index (χ2v) is 7.62. The molecule has 6 nitrogen and oxygen atoms in total. The lowest BCUT2D eigenvalue weighted by Crippen LogP contribution is -2.49. The van der Waals surface area contributed by atoms with E-state index in [0.717, 1.165) is 64.4 Å². The Morgan fingerprint density at radius 3 is 2.52 bits per heavy atom. The highest BCUT2D eigenvalue weighted by molar-refractivity contribution is 5.54. The number of halogens is 3. The number of ether oxygens (including phenoxy) is 1. The van der Waals surface area contributed by atoms with Gasteiger partial charge in [-0.05, 0) is 31.5 Å². The molecule has 2 aliphatic heterocycles. The largest absolute Gasteiger partial charge is 0.416 e. The van der Waals surface area contributed by atoms with Gasteiger partial charge in [0.15, 0.2) is 0 Å². The second kappa shape index (κ2) is 8.81. The van der Waals surface area contributed by atoms with Crippen LogP contribution in [0.5, 0.6) is 0 Å². The van der Waals surface area contributed by atoms with Crippen LogP contribution in [-0.4, -0.2) is 65.4 Å². The molecule has 0 N–H and O–H groups in total. The van der Waals surface area contributed by atoms with Gasteiger partial charge in [-0.1, -0.05) is 23.7 Å². The van der Waals surface area contributed by atoms with Gasteiger partial charge in [-0.15, -0.1) is 0 Å². The van der Waals surface area contributed by atoms with Crippen molar-refractivity contribution in [1.82, 2.24) is 19.9 Å². The number of likely N-dealkylation sites (tertiary alicyclic amines) is 1. The standard InChI is InChI=1S/C20H25F3N4O2/c21-20(22,23)16-6-4-15(5-7-16)19-24-18(29-25-19)14-27-8-2-1-3-17(27)13-26-9-11-28-12-10-26/h4-7,17H,1-3,8-14H2. The number of piperidine rings is 1. The van der Waals surface area contributed by atoms with E-state index in [4.69, 9.17) is 9.26 Å². The van der Waals surface area contributed by atoms with Gasteiger partial charge in [-0.3, -0.25) is 9.80 Å². The number of morpholine rings is 1. The molecule has 2 aliphatic rings. The van der Waals surface area contributed by atoms with Gasteiger partial charge in [0.25, 0.3) is 0 Å². The molecule has 3 heterocycles. The maximum atomic E-state index is 12.7. The van der Waals surface area contributed by atoms with Crippen molar-refractivity contribution in [3.63, 3.8) is 0 Å². The van der Waals surface area contributed by atoms with Gasteiger partial charge < -0.3 is 9.26 Å². The molecule has 29 heavy (non-hydrogen) atoms. The predicted octanol–water partition coefficient (Wildman–Crippen LogP) is 3.44. The van der Waals surface area contributed by atoms with Gasteiger partial charge in [-0.25, -0.2) is 0 Å². The first-order valence-corrected chi connectivity index (χ1v) is 10.0. The van der Waals surface area contributed by atoms with Crippen molar-refractivity contribution in [2.45, 2.75) is 38.0 Å². The van der Waals surface area contributed by atoms with Crippen LogP contribution in [0.4, 0.5) is 13.2 Å². The SMILES string of the molecule is FC(F)(F)c1ccc(-c2noc(CN3CCCCC3CN3CCOCC3)n2)cc1. The van der Waals surface area contributed by atoms with E-state index in [1.807, 2.05) is 0 Å². The van der Waals surface area contributed by atoms with Gasteiger partial charge in [0.05, 0.1) is 25.3 Å². The molecule has 0 amide bonds. The van der Waals surface area contributed by atoms with E-state index in [-0.39, 0.29) is 0 Å². The van der Waals surface area contributed by atoms with Crippen LogP contribution in [0, 0.1) is 0 Å². The van der Waals surface area contributed by atoms with Crippen LogP contribution >= 0.6 is 0 Å². The molecule has 0 bridgehead atoms. The molecule has 2 aromatic rings. The fourth-order valence-corrected chi connectivity index (χ4v) is 3.98. The van der Waals surface area contributed by atoms with Gasteiger partial charge in [0, 0.05) is 31.2 Å². The lowest BCUT2D eigenvalue weighted by Gasteiger charge is -2.39. The third-order valence-corrected chi connectivity index (χ3v) is 5.60. The highest BCUT2D eigenvalue weighted by atomic mass is 19.4. The molecular formula is C20H25F3N4O2. The Balaban J connectivity index is 1.40. The summed E-state index contributed by atoms with van der Waals surface area (Å²) >= 11 is 0. The average molecular weight is 410 g/mol. The van der Waals surface area contributed by atoms with Crippen molar-refractivity contribution >= 4 is 0 Å². The first-order valence-electron chi connectivity index (χ1n) is 10.0. The summed E-state index contributed by atoms with van der Waals surface area (Å²) in [6, 6.07) is 5.25. The molecule has 1 aromatic heterocycles. The van der Waals surface area contributed by atoms with Crippen LogP contribution in [0.3, 0.4) is 0 Å². The predicted molar refractivity (Wildman–Crippen MR) is 100 cm³/mol. The summed E-state index contributed by atoms with van der Waals surface area (Å²) in [6.07, 6.45) is -0.867. The van der Waals surface area contributed by atoms with Crippen LogP contribution in [0.25, 0.3) is 11.4 Å². The molecule has 2 saturated heterocycles. The number of benzene rings is 1. The third kappa shape index (κ3) is 5.15. The summed E-state index contributed by atoms with van der Waals surface area (Å²) in [7, 11) is 0. The molecule has 0 aliphatic carbocycles. The zero-order valence-electron chi connectivity index (χ0n) is 16.2. The van der Waals surface area contributed by atoms with Crippen LogP contribution < -0.4 is 0 Å². The summed E-state index contributed by atoms with van der Waals surface area (Å²) in [5.41, 5.74) is -0.180. The molecule has 2 fully saturated rings. The van der Waals surface area contributed by atoms with E-state index in [2.05, 4.69) is 19.9 Å². The minimum Gasteiger partial charge on any atom is -0.379 e. The third-order valence-electron chi connectivity index (χ3n) is 5.60. The maximum Gasteiger partial charge on any atom is 0.416 e. The number of hydrogen-bond donors (Lipinski definition) is 0. The lowest BCUT2D eigenvalue weighted by atomic mass is 10.0. The molecule has 1 aromatic carbocycles. The molecule has 1 atom stereocenters. The van der Waals surface area contributed by atoms with Gasteiger partial charge in [0.1, 0.15) is 0 Å². The monoisotopic (exact) mass is 410 g/mol. The first-order chi connectivity index (χ1) is 14.0. The molecule has 0 spiro atoms. The Hall–Kier alpha value is -1.97. The smallest absolute Gasteiger partial charge is 0.379 e. The molecule has 9 heteroatoms. The molecule has 1 unspecified atom stereocenters. The Morgan fingerprint density at radius 1 is 1.03 bits per heavy atom. The van der Waals surface area contributed by atoms with Crippen molar-refractivity contribution in [1.29, 1.82) is 0 Å². The zero-order chi connectivity index (χ0) is 20.3. The first kappa shape index (κ1) is 20.3. The Labute approximate surface area is 167 Å². The van der Waals surface area contributed by atoms with Gasteiger partial charge in [-0.2, -0.15) is 18.2 Å². The summed E-state index contributed by atoms with van der Waals surface area (Å²) < 4.78 is 49.0. The molecule has 158 valence electrons. The van der Waals surface area contributed by atoms with E-state index in [9.17, 15) is 13.2 Å². The number of rotatable bonds is 5. The fraction of sp³-hybridized carbons (Fsp3) is 0.600. The van der Waals surface area contributed by atoms with Gasteiger partial charge in [0.2, 0.25) is 11.7 Å². The minimum atomic E-state index is -4.36. The average Bonchev–Trinajstić information content (AvgIpc) is 3.18. The summed E-state index contributed by atoms with van der Waals surface area (Å²) in [5.74, 6) is 0.809. The molecule has 4 rings (SSSR count). The normalized spacial score (nSPS) is 22.1. The Bertz CT molecular complexity index is 788. The van der Waals surface area contributed by atoms with E-state index >= 15 is 0 Å². The number of aromatic nitrogens is 2. The summed E-state index contributed by atoms with van der Waals surface area (Å²) in [6.45, 7) is 6.03. The van der Waals surface area contributed by atoms with Crippen molar-refractivity contribution < 1.29 is 22.4 Å². The van der Waals surface area contributed by atoms with E-state index in [1.54, 1.807) is 0 Å². The number of nitrogens with zero attached hydrogens (tertiary/aromatic N) is 4. The van der Waals surface area contributed by atoms with Crippen LogP contribution in [0.1, 0.15) is 30.7 Å². The molecule has 0 radical (unpaired) electrons. The molecule has 0 saturated carbocycles. The topological polar surface area (TPSA) is 54.6 Å². The van der Waals surface area contributed by atoms with E-state index in [0.29, 0.717) is 29.9 Å². The van der Waals surface area contributed by atoms with Crippen LogP contribution in [0.15, 0.2) is 28.8 Å². The maximum absolute atomic E-state index is 12.7. The zero-order valence-corrected chi connectivity index (χ0v) is 16.2. The number of alkyl halides is 3. The highest BCUT2D eigenvalue weighted by Crippen LogP contribution is 2.30. The summed E-state index contributed by atoms with van der Waals surface area (Å²) in [5, 5.41) is 3.96. The lowest BCUT2D eigenvalue weighted by molar-refractivity contribution is -0.137. The van der Waals surface area contributed by atoms with Crippen molar-refractivity contribution in [2.24, 2.45) is 0 Å². The fourth-order valence-electron chi connectivity index (χ4n) is 3.98. The van der Waals surface area contributed by atoms with Crippen LogP contribution in [-0.2, 0) is 17.5 Å². The number of hydrogen-bond acceptors (Lipinski definition) is 6. The quantitative estimate of drug-likeness (QED) is 0.753. The van der Waals surface area contributed by atoms with E-state index in [1.165, 1.54) is 18.6 Å². The van der Waals surface area contributed by atoms with Crippen molar-refractivity contribution in [3.05, 3.63) is 35.7 Å². The molecular weight excluding hydrogens is 385 g/mol.